The van der Waals surface area contributed by atoms with E-state index in [0.29, 0.717) is 11.6 Å². The molecule has 0 aliphatic carbocycles. The van der Waals surface area contributed by atoms with Crippen molar-refractivity contribution in [3.63, 3.8) is 0 Å². The summed E-state index contributed by atoms with van der Waals surface area (Å²) in [6.45, 7) is 5.96. The van der Waals surface area contributed by atoms with E-state index in [4.69, 9.17) is 4.74 Å². The molecule has 0 radical (unpaired) electrons. The SMILES string of the molecule is COc1cccc(CSc2nnc(C(C)NC(=O)Nc3ccc(C)cc3)n2-c2ccc(C)cc2)c1. The number of carbonyl (C=O) groups is 1. The lowest BCUT2D eigenvalue weighted by molar-refractivity contribution is 0.249. The van der Waals surface area contributed by atoms with Crippen LogP contribution in [0.4, 0.5) is 10.5 Å². The molecule has 0 aliphatic heterocycles. The predicted molar refractivity (Wildman–Crippen MR) is 140 cm³/mol. The van der Waals surface area contributed by atoms with Gasteiger partial charge in [-0.25, -0.2) is 4.79 Å². The molecule has 4 aromatic rings. The molecule has 1 atom stereocenters. The molecule has 2 amide bonds. The zero-order chi connectivity index (χ0) is 24.8. The lowest BCUT2D eigenvalue weighted by Gasteiger charge is -2.17. The minimum atomic E-state index is -0.375. The third-order valence-electron chi connectivity index (χ3n) is 5.50. The van der Waals surface area contributed by atoms with E-state index in [9.17, 15) is 4.79 Å². The summed E-state index contributed by atoms with van der Waals surface area (Å²) in [5.41, 5.74) is 5.09. The minimum absolute atomic E-state index is 0.301. The first-order valence-corrected chi connectivity index (χ1v) is 12.3. The Bertz CT molecular complexity index is 1290. The Morgan fingerprint density at radius 3 is 2.37 bits per heavy atom. The van der Waals surface area contributed by atoms with Crippen LogP contribution in [0, 0.1) is 13.8 Å². The van der Waals surface area contributed by atoms with Gasteiger partial charge in [-0.15, -0.1) is 10.2 Å². The number of ether oxygens (including phenoxy) is 1. The van der Waals surface area contributed by atoms with Crippen LogP contribution in [0.3, 0.4) is 0 Å². The van der Waals surface area contributed by atoms with Crippen molar-refractivity contribution in [1.82, 2.24) is 20.1 Å². The van der Waals surface area contributed by atoms with E-state index in [2.05, 4.69) is 46.0 Å². The summed E-state index contributed by atoms with van der Waals surface area (Å²) in [5, 5.41) is 15.5. The van der Waals surface area contributed by atoms with Crippen molar-refractivity contribution in [3.8, 4) is 11.4 Å². The van der Waals surface area contributed by atoms with Crippen molar-refractivity contribution in [2.75, 3.05) is 12.4 Å². The number of urea groups is 1. The van der Waals surface area contributed by atoms with Crippen LogP contribution in [0.25, 0.3) is 5.69 Å². The van der Waals surface area contributed by atoms with E-state index in [1.807, 2.05) is 73.0 Å². The quantitative estimate of drug-likeness (QED) is 0.295. The Hall–Kier alpha value is -3.78. The molecule has 2 N–H and O–H groups in total. The number of methoxy groups -OCH3 is 1. The number of nitrogens with one attached hydrogen (secondary N) is 2. The first-order chi connectivity index (χ1) is 16.9. The van der Waals surface area contributed by atoms with Gasteiger partial charge in [-0.1, -0.05) is 59.3 Å². The van der Waals surface area contributed by atoms with Crippen LogP contribution in [0.1, 0.15) is 35.5 Å². The Morgan fingerprint density at radius 1 is 1.00 bits per heavy atom. The fourth-order valence-corrected chi connectivity index (χ4v) is 4.47. The number of carbonyl (C=O) groups excluding carboxylic acids is 1. The minimum Gasteiger partial charge on any atom is -0.497 e. The summed E-state index contributed by atoms with van der Waals surface area (Å²) in [5.74, 6) is 2.18. The van der Waals surface area contributed by atoms with Gasteiger partial charge in [0.15, 0.2) is 11.0 Å². The lowest BCUT2D eigenvalue weighted by Crippen LogP contribution is -2.32. The molecule has 180 valence electrons. The van der Waals surface area contributed by atoms with Crippen molar-refractivity contribution in [2.24, 2.45) is 0 Å². The summed E-state index contributed by atoms with van der Waals surface area (Å²) >= 11 is 1.58. The van der Waals surface area contributed by atoms with Crippen molar-refractivity contribution in [2.45, 2.75) is 37.7 Å². The van der Waals surface area contributed by atoms with Gasteiger partial charge in [-0.2, -0.15) is 0 Å². The topological polar surface area (TPSA) is 81.1 Å². The Kier molecular flexibility index (Phi) is 7.72. The average molecular weight is 488 g/mol. The summed E-state index contributed by atoms with van der Waals surface area (Å²) in [7, 11) is 1.66. The number of benzene rings is 3. The Morgan fingerprint density at radius 2 is 1.69 bits per heavy atom. The van der Waals surface area contributed by atoms with Gasteiger partial charge < -0.3 is 15.4 Å². The second-order valence-electron chi connectivity index (χ2n) is 8.34. The molecule has 1 aromatic heterocycles. The van der Waals surface area contributed by atoms with E-state index in [-0.39, 0.29) is 12.1 Å². The molecule has 35 heavy (non-hydrogen) atoms. The normalized spacial score (nSPS) is 11.7. The number of anilines is 1. The van der Waals surface area contributed by atoms with Gasteiger partial charge in [-0.05, 0) is 62.7 Å². The third kappa shape index (κ3) is 6.22. The molecule has 0 saturated carbocycles. The largest absolute Gasteiger partial charge is 0.497 e. The second kappa shape index (κ2) is 11.1. The Labute approximate surface area is 209 Å². The van der Waals surface area contributed by atoms with E-state index >= 15 is 0 Å². The molecule has 1 unspecified atom stereocenters. The van der Waals surface area contributed by atoms with Gasteiger partial charge in [0, 0.05) is 17.1 Å². The number of aryl methyl sites for hydroxylation is 2. The molecule has 4 rings (SSSR count). The lowest BCUT2D eigenvalue weighted by atomic mass is 10.2. The number of hydrogen-bond donors (Lipinski definition) is 2. The number of nitrogens with zero attached hydrogens (tertiary/aromatic N) is 3. The van der Waals surface area contributed by atoms with E-state index in [1.165, 1.54) is 0 Å². The fraction of sp³-hybridized carbons (Fsp3) is 0.222. The highest BCUT2D eigenvalue weighted by molar-refractivity contribution is 7.98. The summed E-state index contributed by atoms with van der Waals surface area (Å²) in [6.07, 6.45) is 0. The van der Waals surface area contributed by atoms with Crippen LogP contribution in [-0.2, 0) is 5.75 Å². The summed E-state index contributed by atoms with van der Waals surface area (Å²) in [4.78, 5) is 12.7. The first kappa shape index (κ1) is 24.3. The van der Waals surface area contributed by atoms with Gasteiger partial charge in [0.05, 0.1) is 13.2 Å². The van der Waals surface area contributed by atoms with Gasteiger partial charge in [0.1, 0.15) is 5.75 Å². The molecule has 1 heterocycles. The second-order valence-corrected chi connectivity index (χ2v) is 9.28. The molecule has 0 aliphatic rings. The molecular formula is C27H29N5O2S. The zero-order valence-corrected chi connectivity index (χ0v) is 21.1. The summed E-state index contributed by atoms with van der Waals surface area (Å²) in [6, 6.07) is 23.2. The van der Waals surface area contributed by atoms with E-state index in [1.54, 1.807) is 18.9 Å². The van der Waals surface area contributed by atoms with Crippen LogP contribution in [0.2, 0.25) is 0 Å². The zero-order valence-electron chi connectivity index (χ0n) is 20.3. The van der Waals surface area contributed by atoms with Crippen molar-refractivity contribution < 1.29 is 9.53 Å². The first-order valence-electron chi connectivity index (χ1n) is 11.3. The highest BCUT2D eigenvalue weighted by atomic mass is 32.2. The van der Waals surface area contributed by atoms with Crippen molar-refractivity contribution >= 4 is 23.5 Å². The van der Waals surface area contributed by atoms with E-state index in [0.717, 1.165) is 39.0 Å². The average Bonchev–Trinajstić information content (AvgIpc) is 3.29. The van der Waals surface area contributed by atoms with Crippen LogP contribution in [0.15, 0.2) is 78.0 Å². The molecule has 0 saturated heterocycles. The number of amides is 2. The van der Waals surface area contributed by atoms with Gasteiger partial charge in [0.2, 0.25) is 0 Å². The number of thioether (sulfide) groups is 1. The smallest absolute Gasteiger partial charge is 0.319 e. The molecule has 0 spiro atoms. The molecule has 7 nitrogen and oxygen atoms in total. The fourth-order valence-electron chi connectivity index (χ4n) is 3.57. The van der Waals surface area contributed by atoms with Gasteiger partial charge in [-0.3, -0.25) is 4.57 Å². The highest BCUT2D eigenvalue weighted by Gasteiger charge is 2.21. The number of aromatic nitrogens is 3. The number of hydrogen-bond acceptors (Lipinski definition) is 5. The van der Waals surface area contributed by atoms with Crippen LogP contribution < -0.4 is 15.4 Å². The van der Waals surface area contributed by atoms with Crippen LogP contribution >= 0.6 is 11.8 Å². The third-order valence-corrected chi connectivity index (χ3v) is 6.50. The standard InChI is InChI=1S/C27H29N5O2S/c1-18-8-12-22(13-9-18)29-26(33)28-20(3)25-30-31-27(32(25)23-14-10-19(2)11-15-23)35-17-21-6-5-7-24(16-21)34-4/h5-16,20H,17H2,1-4H3,(H2,28,29,33). The van der Waals surface area contributed by atoms with E-state index < -0.39 is 0 Å². The maximum Gasteiger partial charge on any atom is 0.319 e. The van der Waals surface area contributed by atoms with Crippen LogP contribution in [-0.4, -0.2) is 27.9 Å². The van der Waals surface area contributed by atoms with Crippen molar-refractivity contribution in [1.29, 1.82) is 0 Å². The maximum absolute atomic E-state index is 12.7. The van der Waals surface area contributed by atoms with Crippen LogP contribution in [0.5, 0.6) is 5.75 Å². The molecule has 3 aromatic carbocycles. The van der Waals surface area contributed by atoms with Crippen molar-refractivity contribution in [3.05, 3.63) is 95.3 Å². The Balaban J connectivity index is 1.55. The summed E-state index contributed by atoms with van der Waals surface area (Å²) < 4.78 is 7.34. The molecular weight excluding hydrogens is 458 g/mol. The molecule has 0 fully saturated rings. The molecule has 0 bridgehead atoms. The number of rotatable bonds is 8. The predicted octanol–water partition coefficient (Wildman–Crippen LogP) is 6.07. The van der Waals surface area contributed by atoms with Gasteiger partial charge >= 0.3 is 6.03 Å². The highest BCUT2D eigenvalue weighted by Crippen LogP contribution is 2.28. The van der Waals surface area contributed by atoms with Gasteiger partial charge in [0.25, 0.3) is 0 Å². The maximum atomic E-state index is 12.7. The monoisotopic (exact) mass is 487 g/mol. The molecule has 8 heteroatoms.